The lowest BCUT2D eigenvalue weighted by Crippen LogP contribution is -2.47. The summed E-state index contributed by atoms with van der Waals surface area (Å²) in [4.78, 5) is 59.8. The summed E-state index contributed by atoms with van der Waals surface area (Å²) < 4.78 is 0. The van der Waals surface area contributed by atoms with Crippen LogP contribution in [0.25, 0.3) is 0 Å². The Hall–Kier alpha value is -3.22. The number of benzene rings is 1. The van der Waals surface area contributed by atoms with Gasteiger partial charge in [0.15, 0.2) is 0 Å². The predicted octanol–water partition coefficient (Wildman–Crippen LogP) is 2.12. The zero-order valence-electron chi connectivity index (χ0n) is 21.4. The molecular weight excluding hydrogens is 524 g/mol. The molecule has 1 aromatic heterocycles. The molecule has 2 aromatic rings. The molecule has 38 heavy (non-hydrogen) atoms. The third-order valence-corrected chi connectivity index (χ3v) is 8.86. The zero-order valence-corrected chi connectivity index (χ0v) is 23.0. The molecule has 0 radical (unpaired) electrons. The maximum atomic E-state index is 12.6. The quantitative estimate of drug-likeness (QED) is 0.395. The highest BCUT2D eigenvalue weighted by atomic mass is 32.2. The van der Waals surface area contributed by atoms with E-state index < -0.39 is 23.0 Å². The van der Waals surface area contributed by atoms with E-state index in [1.54, 1.807) is 11.3 Å². The van der Waals surface area contributed by atoms with Crippen LogP contribution in [0.2, 0.25) is 0 Å². The summed E-state index contributed by atoms with van der Waals surface area (Å²) in [6.45, 7) is 5.77. The molecule has 4 heterocycles. The molecular formula is C26H30N6O4S2. The zero-order chi connectivity index (χ0) is 26.8. The lowest BCUT2D eigenvalue weighted by atomic mass is 10.1. The van der Waals surface area contributed by atoms with E-state index in [-0.39, 0.29) is 25.3 Å². The highest BCUT2D eigenvalue weighted by Gasteiger charge is 2.39. The average molecular weight is 555 g/mol. The third-order valence-electron chi connectivity index (χ3n) is 6.80. The van der Waals surface area contributed by atoms with Gasteiger partial charge >= 0.3 is 0 Å². The van der Waals surface area contributed by atoms with Crippen LogP contribution < -0.4 is 10.6 Å². The number of nitrogens with one attached hydrogen (secondary N) is 2. The van der Waals surface area contributed by atoms with Crippen molar-refractivity contribution in [3.63, 3.8) is 0 Å². The van der Waals surface area contributed by atoms with Crippen LogP contribution in [0.5, 0.6) is 0 Å². The first-order chi connectivity index (χ1) is 18.3. The Labute approximate surface area is 229 Å². The number of imide groups is 1. The molecule has 0 bridgehead atoms. The van der Waals surface area contributed by atoms with Crippen molar-refractivity contribution in [3.8, 4) is 0 Å². The molecule has 2 fully saturated rings. The second-order valence-electron chi connectivity index (χ2n) is 9.59. The van der Waals surface area contributed by atoms with Crippen molar-refractivity contribution in [2.24, 2.45) is 4.99 Å². The molecule has 2 saturated heterocycles. The maximum Gasteiger partial charge on any atom is 0.243 e. The first-order valence-electron chi connectivity index (χ1n) is 12.5. The second-order valence-corrected chi connectivity index (χ2v) is 12.1. The molecule has 2 N–H and O–H groups in total. The van der Waals surface area contributed by atoms with Gasteiger partial charge < -0.3 is 25.2 Å². The molecule has 0 saturated carbocycles. The number of rotatable bonds is 7. The predicted molar refractivity (Wildman–Crippen MR) is 150 cm³/mol. The van der Waals surface area contributed by atoms with E-state index in [9.17, 15) is 19.2 Å². The van der Waals surface area contributed by atoms with Crippen LogP contribution in [0.1, 0.15) is 22.4 Å². The fourth-order valence-electron chi connectivity index (χ4n) is 4.72. The van der Waals surface area contributed by atoms with Gasteiger partial charge in [-0.3, -0.25) is 19.3 Å². The Balaban J connectivity index is 1.28. The van der Waals surface area contributed by atoms with Gasteiger partial charge in [0, 0.05) is 49.8 Å². The molecule has 200 valence electrons. The highest BCUT2D eigenvalue weighted by Crippen LogP contribution is 2.39. The van der Waals surface area contributed by atoms with Crippen LogP contribution in [0.4, 0.5) is 16.4 Å². The number of likely N-dealkylation sites (tertiary alicyclic amines) is 1. The summed E-state index contributed by atoms with van der Waals surface area (Å²) in [5.74, 6) is -0.124. The van der Waals surface area contributed by atoms with Gasteiger partial charge in [0.25, 0.3) is 0 Å². The number of aliphatic imine (C=N–C) groups is 1. The minimum Gasteiger partial charge on any atom is -0.353 e. The smallest absolute Gasteiger partial charge is 0.243 e. The van der Waals surface area contributed by atoms with Crippen LogP contribution in [0, 0.1) is 6.92 Å². The van der Waals surface area contributed by atoms with Gasteiger partial charge in [0.1, 0.15) is 23.7 Å². The number of thiophene rings is 1. The monoisotopic (exact) mass is 554 g/mol. The van der Waals surface area contributed by atoms with Crippen molar-refractivity contribution >= 4 is 69.3 Å². The van der Waals surface area contributed by atoms with Gasteiger partial charge in [0.05, 0.1) is 22.2 Å². The minimum atomic E-state index is -0.600. The lowest BCUT2D eigenvalue weighted by Gasteiger charge is -2.34. The number of amides is 3. The van der Waals surface area contributed by atoms with Crippen molar-refractivity contribution in [2.45, 2.75) is 25.1 Å². The number of carbonyl (C=O) groups is 4. The Bertz CT molecular complexity index is 1300. The van der Waals surface area contributed by atoms with Crippen molar-refractivity contribution in [2.75, 3.05) is 50.8 Å². The van der Waals surface area contributed by atoms with E-state index in [2.05, 4.69) is 40.5 Å². The number of hydrogen-bond donors (Lipinski definition) is 2. The van der Waals surface area contributed by atoms with E-state index in [1.165, 1.54) is 4.88 Å². The van der Waals surface area contributed by atoms with Gasteiger partial charge in [0.2, 0.25) is 17.7 Å². The summed E-state index contributed by atoms with van der Waals surface area (Å²) >= 11 is 2.83. The van der Waals surface area contributed by atoms with Crippen molar-refractivity contribution in [1.82, 2.24) is 20.0 Å². The molecule has 3 aliphatic heterocycles. The Morgan fingerprint density at radius 2 is 2.03 bits per heavy atom. The molecule has 3 amide bonds. The van der Waals surface area contributed by atoms with Crippen LogP contribution in [-0.4, -0.2) is 95.3 Å². The fourth-order valence-corrected chi connectivity index (χ4v) is 6.48. The Kier molecular flexibility index (Phi) is 7.82. The van der Waals surface area contributed by atoms with Crippen LogP contribution in [0.15, 0.2) is 29.3 Å². The number of nitrogens with zero attached hydrogens (tertiary/aromatic N) is 4. The standard InChI is InChI=1S/C26H30N6O4S2/c1-16-11-18-24(31-7-5-30(2)6-8-31)28-20-12-17(3-4-19(20)29-25(18)38-16)14-27-22(34)15-32-23(35)13-21(26(32)36)37-10-9-33/h3-4,9,11-12,21,29H,5-8,10,13-15H2,1-2H3,(H,27,34). The largest absolute Gasteiger partial charge is 0.353 e. The molecule has 0 aliphatic carbocycles. The van der Waals surface area contributed by atoms with E-state index in [1.807, 2.05) is 18.2 Å². The molecule has 1 aromatic carbocycles. The summed E-state index contributed by atoms with van der Waals surface area (Å²) in [7, 11) is 2.13. The van der Waals surface area contributed by atoms with Crippen LogP contribution in [-0.2, 0) is 25.7 Å². The fraction of sp³-hybridized carbons (Fsp3) is 0.423. The second kappa shape index (κ2) is 11.3. The number of aldehydes is 1. The average Bonchev–Trinajstić information content (AvgIpc) is 3.34. The number of carbonyl (C=O) groups excluding carboxylic acids is 4. The minimum absolute atomic E-state index is 0.0150. The number of anilines is 2. The molecule has 1 unspecified atom stereocenters. The van der Waals surface area contributed by atoms with Gasteiger partial charge in [-0.05, 0) is 37.7 Å². The van der Waals surface area contributed by atoms with Gasteiger partial charge in [-0.2, -0.15) is 0 Å². The summed E-state index contributed by atoms with van der Waals surface area (Å²) in [6, 6.07) is 8.04. The highest BCUT2D eigenvalue weighted by molar-refractivity contribution is 8.01. The number of amidine groups is 1. The molecule has 1 atom stereocenters. The van der Waals surface area contributed by atoms with Crippen LogP contribution in [0.3, 0.4) is 0 Å². The van der Waals surface area contributed by atoms with E-state index in [4.69, 9.17) is 4.99 Å². The lowest BCUT2D eigenvalue weighted by molar-refractivity contribution is -0.142. The number of thioether (sulfide) groups is 1. The number of hydrogen-bond acceptors (Lipinski definition) is 10. The first kappa shape index (κ1) is 26.4. The number of piperazine rings is 1. The van der Waals surface area contributed by atoms with Crippen molar-refractivity contribution in [3.05, 3.63) is 40.3 Å². The maximum absolute atomic E-state index is 12.6. The summed E-state index contributed by atoms with van der Waals surface area (Å²) in [6.07, 6.45) is 0.716. The van der Waals surface area contributed by atoms with Crippen LogP contribution >= 0.6 is 23.1 Å². The van der Waals surface area contributed by atoms with Gasteiger partial charge in [-0.25, -0.2) is 4.99 Å². The van der Waals surface area contributed by atoms with E-state index in [0.717, 1.165) is 76.2 Å². The first-order valence-corrected chi connectivity index (χ1v) is 14.4. The third kappa shape index (κ3) is 5.62. The normalized spacial score (nSPS) is 19.4. The molecule has 5 rings (SSSR count). The Morgan fingerprint density at radius 3 is 2.79 bits per heavy atom. The van der Waals surface area contributed by atoms with Crippen molar-refractivity contribution in [1.29, 1.82) is 0 Å². The van der Waals surface area contributed by atoms with Gasteiger partial charge in [-0.15, -0.1) is 23.1 Å². The number of aryl methyl sites for hydroxylation is 1. The molecule has 10 nitrogen and oxygen atoms in total. The SMILES string of the molecule is Cc1cc2c(s1)Nc1ccc(CNC(=O)CN3C(=O)CC(SCC=O)C3=O)cc1N=C2N1CCN(C)CC1. The Morgan fingerprint density at radius 1 is 1.24 bits per heavy atom. The topological polar surface area (TPSA) is 114 Å². The number of fused-ring (bicyclic) bond motifs is 2. The van der Waals surface area contributed by atoms with E-state index in [0.29, 0.717) is 6.29 Å². The molecule has 3 aliphatic rings. The summed E-state index contributed by atoms with van der Waals surface area (Å²) in [5.41, 5.74) is 3.67. The van der Waals surface area contributed by atoms with Gasteiger partial charge in [-0.1, -0.05) is 6.07 Å². The molecule has 12 heteroatoms. The number of likely N-dealkylation sites (N-methyl/N-ethyl adjacent to an activating group) is 1. The summed E-state index contributed by atoms with van der Waals surface area (Å²) in [5, 5.41) is 6.83. The van der Waals surface area contributed by atoms with Crippen molar-refractivity contribution < 1.29 is 19.2 Å². The molecule has 0 spiro atoms. The van der Waals surface area contributed by atoms with E-state index >= 15 is 0 Å².